The Morgan fingerprint density at radius 3 is 2.83 bits per heavy atom. The molecule has 2 heterocycles. The van der Waals surface area contributed by atoms with Crippen LogP contribution in [0, 0.1) is 6.92 Å². The van der Waals surface area contributed by atoms with E-state index < -0.39 is 0 Å². The third-order valence-electron chi connectivity index (χ3n) is 3.05. The van der Waals surface area contributed by atoms with Crippen molar-refractivity contribution in [2.75, 3.05) is 39.4 Å². The van der Waals surface area contributed by atoms with Crippen molar-refractivity contribution >= 4 is 0 Å². The molecule has 0 aliphatic carbocycles. The Morgan fingerprint density at radius 1 is 1.39 bits per heavy atom. The van der Waals surface area contributed by atoms with Crippen molar-refractivity contribution in [1.29, 1.82) is 0 Å². The molecule has 0 aromatic carbocycles. The van der Waals surface area contributed by atoms with Gasteiger partial charge in [0.15, 0.2) is 0 Å². The molecule has 0 spiro atoms. The van der Waals surface area contributed by atoms with E-state index in [-0.39, 0.29) is 6.10 Å². The van der Waals surface area contributed by atoms with E-state index in [1.165, 1.54) is 0 Å². The van der Waals surface area contributed by atoms with Crippen LogP contribution in [0.5, 0.6) is 0 Å². The maximum Gasteiger partial charge on any atom is 0.117 e. The lowest BCUT2D eigenvalue weighted by Gasteiger charge is -2.28. The van der Waals surface area contributed by atoms with Crippen molar-refractivity contribution < 1.29 is 14.3 Å². The molecule has 1 saturated heterocycles. The second-order valence-electron chi connectivity index (χ2n) is 4.71. The standard InChI is InChI=1S/C13H22N2O3/c1-11-2-3-13(18-11)9-14-8-12(16)10-15-4-6-17-7-5-15/h2-3,12,14,16H,4-10H2,1H3. The fourth-order valence-corrected chi connectivity index (χ4v) is 2.09. The van der Waals surface area contributed by atoms with Crippen LogP contribution in [0.3, 0.4) is 0 Å². The number of furan rings is 1. The molecule has 1 aliphatic rings. The van der Waals surface area contributed by atoms with E-state index in [1.54, 1.807) is 0 Å². The van der Waals surface area contributed by atoms with Crippen molar-refractivity contribution in [3.05, 3.63) is 23.7 Å². The van der Waals surface area contributed by atoms with Crippen LogP contribution in [-0.2, 0) is 11.3 Å². The third kappa shape index (κ3) is 4.42. The lowest BCUT2D eigenvalue weighted by atomic mass is 10.3. The maximum absolute atomic E-state index is 9.91. The third-order valence-corrected chi connectivity index (χ3v) is 3.05. The summed E-state index contributed by atoms with van der Waals surface area (Å²) in [5.74, 6) is 1.83. The van der Waals surface area contributed by atoms with Crippen LogP contribution in [0.1, 0.15) is 11.5 Å². The Kier molecular flexibility index (Phi) is 5.19. The van der Waals surface area contributed by atoms with Gasteiger partial charge in [-0.05, 0) is 19.1 Å². The average molecular weight is 254 g/mol. The Morgan fingerprint density at radius 2 is 2.17 bits per heavy atom. The van der Waals surface area contributed by atoms with Crippen LogP contribution in [0.15, 0.2) is 16.5 Å². The van der Waals surface area contributed by atoms with Crippen molar-refractivity contribution in [3.8, 4) is 0 Å². The zero-order valence-electron chi connectivity index (χ0n) is 10.9. The Labute approximate surface area is 108 Å². The van der Waals surface area contributed by atoms with Crippen LogP contribution in [0.25, 0.3) is 0 Å². The smallest absolute Gasteiger partial charge is 0.117 e. The first-order valence-corrected chi connectivity index (χ1v) is 6.48. The van der Waals surface area contributed by atoms with Gasteiger partial charge in [0.2, 0.25) is 0 Å². The minimum absolute atomic E-state index is 0.348. The van der Waals surface area contributed by atoms with E-state index >= 15 is 0 Å². The summed E-state index contributed by atoms with van der Waals surface area (Å²) in [6.45, 7) is 7.23. The number of morpholine rings is 1. The van der Waals surface area contributed by atoms with Crippen LogP contribution in [0.4, 0.5) is 0 Å². The first-order valence-electron chi connectivity index (χ1n) is 6.48. The summed E-state index contributed by atoms with van der Waals surface area (Å²) in [6.07, 6.45) is -0.348. The molecule has 2 rings (SSSR count). The molecule has 1 aromatic rings. The molecule has 0 saturated carbocycles. The summed E-state index contributed by atoms with van der Waals surface area (Å²) in [4.78, 5) is 2.23. The van der Waals surface area contributed by atoms with E-state index in [9.17, 15) is 5.11 Å². The number of aliphatic hydroxyl groups excluding tert-OH is 1. The molecule has 5 nitrogen and oxygen atoms in total. The highest BCUT2D eigenvalue weighted by Gasteiger charge is 2.14. The van der Waals surface area contributed by atoms with Gasteiger partial charge in [-0.3, -0.25) is 4.90 Å². The normalized spacial score (nSPS) is 19.0. The lowest BCUT2D eigenvalue weighted by molar-refractivity contribution is 0.0148. The first-order chi connectivity index (χ1) is 8.74. The largest absolute Gasteiger partial charge is 0.465 e. The molecule has 1 aromatic heterocycles. The zero-order chi connectivity index (χ0) is 12.8. The number of aryl methyl sites for hydroxylation is 1. The zero-order valence-corrected chi connectivity index (χ0v) is 10.9. The van der Waals surface area contributed by atoms with Crippen LogP contribution in [0.2, 0.25) is 0 Å². The SMILES string of the molecule is Cc1ccc(CNCC(O)CN2CCOCC2)o1. The molecule has 1 aliphatic heterocycles. The summed E-state index contributed by atoms with van der Waals surface area (Å²) in [5.41, 5.74) is 0. The van der Waals surface area contributed by atoms with Gasteiger partial charge in [0.25, 0.3) is 0 Å². The number of hydrogen-bond donors (Lipinski definition) is 2. The van der Waals surface area contributed by atoms with Crippen LogP contribution in [-0.4, -0.2) is 55.5 Å². The van der Waals surface area contributed by atoms with E-state index in [0.29, 0.717) is 19.6 Å². The van der Waals surface area contributed by atoms with Crippen molar-refractivity contribution in [2.24, 2.45) is 0 Å². The summed E-state index contributed by atoms with van der Waals surface area (Å²) < 4.78 is 10.7. The van der Waals surface area contributed by atoms with Gasteiger partial charge >= 0.3 is 0 Å². The molecular weight excluding hydrogens is 232 g/mol. The summed E-state index contributed by atoms with van der Waals surface area (Å²) >= 11 is 0. The number of nitrogens with zero attached hydrogens (tertiary/aromatic N) is 1. The van der Waals surface area contributed by atoms with Crippen molar-refractivity contribution in [1.82, 2.24) is 10.2 Å². The van der Waals surface area contributed by atoms with Gasteiger partial charge < -0.3 is 19.6 Å². The fourth-order valence-electron chi connectivity index (χ4n) is 2.09. The van der Waals surface area contributed by atoms with E-state index in [1.807, 2.05) is 19.1 Å². The van der Waals surface area contributed by atoms with Gasteiger partial charge in [0, 0.05) is 26.2 Å². The topological polar surface area (TPSA) is 57.9 Å². The minimum atomic E-state index is -0.348. The Balaban J connectivity index is 1.60. The summed E-state index contributed by atoms with van der Waals surface area (Å²) in [6, 6.07) is 3.90. The van der Waals surface area contributed by atoms with Gasteiger partial charge in [-0.1, -0.05) is 0 Å². The van der Waals surface area contributed by atoms with Crippen LogP contribution < -0.4 is 5.32 Å². The number of β-amino-alcohol motifs (C(OH)–C–C–N with tert-alkyl or cyclic N) is 1. The van der Waals surface area contributed by atoms with Gasteiger partial charge in [0.1, 0.15) is 11.5 Å². The monoisotopic (exact) mass is 254 g/mol. The molecule has 0 bridgehead atoms. The predicted octanol–water partition coefficient (Wildman–Crippen LogP) is 0.371. The molecular formula is C13H22N2O3. The number of ether oxygens (including phenoxy) is 1. The molecule has 0 amide bonds. The molecule has 102 valence electrons. The Bertz CT molecular complexity index is 348. The quantitative estimate of drug-likeness (QED) is 0.768. The lowest BCUT2D eigenvalue weighted by Crippen LogP contribution is -2.43. The highest BCUT2D eigenvalue weighted by molar-refractivity contribution is 5.05. The number of rotatable bonds is 6. The van der Waals surface area contributed by atoms with Gasteiger partial charge in [-0.15, -0.1) is 0 Å². The van der Waals surface area contributed by atoms with Crippen molar-refractivity contribution in [3.63, 3.8) is 0 Å². The molecule has 2 N–H and O–H groups in total. The van der Waals surface area contributed by atoms with Crippen LogP contribution >= 0.6 is 0 Å². The number of aliphatic hydroxyl groups is 1. The predicted molar refractivity (Wildman–Crippen MR) is 68.4 cm³/mol. The molecule has 18 heavy (non-hydrogen) atoms. The summed E-state index contributed by atoms with van der Waals surface area (Å²) in [5, 5.41) is 13.1. The molecule has 1 fully saturated rings. The average Bonchev–Trinajstić information content (AvgIpc) is 2.76. The number of hydrogen-bond acceptors (Lipinski definition) is 5. The molecule has 1 unspecified atom stereocenters. The van der Waals surface area contributed by atoms with Crippen molar-refractivity contribution in [2.45, 2.75) is 19.6 Å². The maximum atomic E-state index is 9.91. The first kappa shape index (κ1) is 13.5. The Hall–Kier alpha value is -0.880. The second-order valence-corrected chi connectivity index (χ2v) is 4.71. The van der Waals surface area contributed by atoms with Gasteiger partial charge in [-0.25, -0.2) is 0 Å². The highest BCUT2D eigenvalue weighted by Crippen LogP contribution is 2.05. The molecule has 1 atom stereocenters. The number of nitrogens with one attached hydrogen (secondary N) is 1. The van der Waals surface area contributed by atoms with Gasteiger partial charge in [0.05, 0.1) is 25.9 Å². The summed E-state index contributed by atoms with van der Waals surface area (Å²) in [7, 11) is 0. The molecule has 0 radical (unpaired) electrons. The molecule has 5 heteroatoms. The van der Waals surface area contributed by atoms with E-state index in [4.69, 9.17) is 9.15 Å². The van der Waals surface area contributed by atoms with E-state index in [2.05, 4.69) is 10.2 Å². The second kappa shape index (κ2) is 6.89. The van der Waals surface area contributed by atoms with E-state index in [0.717, 1.165) is 37.8 Å². The highest BCUT2D eigenvalue weighted by atomic mass is 16.5. The fraction of sp³-hybridized carbons (Fsp3) is 0.692. The minimum Gasteiger partial charge on any atom is -0.465 e. The van der Waals surface area contributed by atoms with Gasteiger partial charge in [-0.2, -0.15) is 0 Å².